The summed E-state index contributed by atoms with van der Waals surface area (Å²) in [6.45, 7) is 0.566. The van der Waals surface area contributed by atoms with Crippen LogP contribution in [0.5, 0.6) is 11.5 Å². The summed E-state index contributed by atoms with van der Waals surface area (Å²) in [7, 11) is 1.41. The molecule has 0 aromatic heterocycles. The number of nitro groups is 1. The number of benzene rings is 1. The second kappa shape index (κ2) is 8.63. The lowest BCUT2D eigenvalue weighted by Crippen LogP contribution is -1.99. The number of unbranched alkanes of at least 4 members (excludes halogenated alkanes) is 3. The lowest BCUT2D eigenvalue weighted by Gasteiger charge is -2.07. The Balaban J connectivity index is 2.46. The predicted molar refractivity (Wildman–Crippen MR) is 77.5 cm³/mol. The fourth-order valence-electron chi connectivity index (χ4n) is 1.66. The Bertz CT molecular complexity index is 412. The Kier molecular flexibility index (Phi) is 7.10. The van der Waals surface area contributed by atoms with Crippen molar-refractivity contribution in [1.29, 1.82) is 0 Å². The number of hydrogen-bond donors (Lipinski definition) is 1. The van der Waals surface area contributed by atoms with Gasteiger partial charge < -0.3 is 9.47 Å². The fraction of sp³-hybridized carbons (Fsp3) is 0.538. The van der Waals surface area contributed by atoms with E-state index in [1.165, 1.54) is 13.2 Å². The molecule has 1 aromatic rings. The maximum Gasteiger partial charge on any atom is 0.314 e. The van der Waals surface area contributed by atoms with Gasteiger partial charge in [0.2, 0.25) is 0 Å². The summed E-state index contributed by atoms with van der Waals surface area (Å²) < 4.78 is 10.4. The van der Waals surface area contributed by atoms with Crippen molar-refractivity contribution in [2.24, 2.45) is 0 Å². The highest BCUT2D eigenvalue weighted by Crippen LogP contribution is 2.30. The first-order valence-corrected chi connectivity index (χ1v) is 6.88. The topological polar surface area (TPSA) is 61.6 Å². The zero-order valence-corrected chi connectivity index (χ0v) is 11.9. The van der Waals surface area contributed by atoms with Crippen LogP contribution in [-0.4, -0.2) is 24.4 Å². The van der Waals surface area contributed by atoms with Gasteiger partial charge in [-0.05, 0) is 30.7 Å². The Morgan fingerprint density at radius 2 is 2.00 bits per heavy atom. The van der Waals surface area contributed by atoms with Gasteiger partial charge in [-0.3, -0.25) is 10.1 Å². The second-order valence-corrected chi connectivity index (χ2v) is 4.52. The quantitative estimate of drug-likeness (QED) is 0.326. The molecule has 0 N–H and O–H groups in total. The molecular weight excluding hydrogens is 266 g/mol. The molecule has 0 saturated heterocycles. The summed E-state index contributed by atoms with van der Waals surface area (Å²) in [5, 5.41) is 10.8. The van der Waals surface area contributed by atoms with Gasteiger partial charge >= 0.3 is 5.69 Å². The number of hydrogen-bond acceptors (Lipinski definition) is 5. The van der Waals surface area contributed by atoms with Crippen molar-refractivity contribution in [3.8, 4) is 11.5 Å². The standard InChI is InChI=1S/C13H19NO4S/c1-17-13-7-6-11(10-12(13)14(15)16)18-8-4-2-3-5-9-19/h6-7,10,19H,2-5,8-9H2,1H3. The normalized spacial score (nSPS) is 10.2. The summed E-state index contributed by atoms with van der Waals surface area (Å²) in [6, 6.07) is 4.63. The van der Waals surface area contributed by atoms with Crippen LogP contribution in [0, 0.1) is 10.1 Å². The predicted octanol–water partition coefficient (Wildman–Crippen LogP) is 3.47. The molecule has 19 heavy (non-hydrogen) atoms. The third-order valence-corrected chi connectivity index (χ3v) is 2.98. The van der Waals surface area contributed by atoms with Gasteiger partial charge in [0.1, 0.15) is 5.75 Å². The minimum absolute atomic E-state index is 0.0740. The van der Waals surface area contributed by atoms with E-state index >= 15 is 0 Å². The fourth-order valence-corrected chi connectivity index (χ4v) is 1.88. The Morgan fingerprint density at radius 3 is 2.63 bits per heavy atom. The summed E-state index contributed by atoms with van der Waals surface area (Å²) in [6.07, 6.45) is 4.26. The minimum Gasteiger partial charge on any atom is -0.493 e. The molecular formula is C13H19NO4S. The van der Waals surface area contributed by atoms with Crippen molar-refractivity contribution >= 4 is 18.3 Å². The monoisotopic (exact) mass is 285 g/mol. The van der Waals surface area contributed by atoms with Crippen LogP contribution in [0.4, 0.5) is 5.69 Å². The zero-order chi connectivity index (χ0) is 14.1. The van der Waals surface area contributed by atoms with Gasteiger partial charge in [0.15, 0.2) is 5.75 Å². The molecule has 0 heterocycles. The molecule has 6 heteroatoms. The van der Waals surface area contributed by atoms with E-state index in [0.29, 0.717) is 12.4 Å². The highest BCUT2D eigenvalue weighted by atomic mass is 32.1. The van der Waals surface area contributed by atoms with Crippen LogP contribution in [-0.2, 0) is 0 Å². The molecule has 0 atom stereocenters. The molecule has 0 aliphatic heterocycles. The van der Waals surface area contributed by atoms with Crippen LogP contribution < -0.4 is 9.47 Å². The molecule has 0 unspecified atom stereocenters. The number of thiol groups is 1. The van der Waals surface area contributed by atoms with Gasteiger partial charge in [-0.2, -0.15) is 12.6 Å². The maximum absolute atomic E-state index is 10.8. The first kappa shape index (κ1) is 15.6. The molecule has 0 aliphatic rings. The third kappa shape index (κ3) is 5.38. The van der Waals surface area contributed by atoms with E-state index in [-0.39, 0.29) is 11.4 Å². The van der Waals surface area contributed by atoms with Crippen LogP contribution >= 0.6 is 12.6 Å². The first-order chi connectivity index (χ1) is 9.19. The highest BCUT2D eigenvalue weighted by molar-refractivity contribution is 7.80. The van der Waals surface area contributed by atoms with Gasteiger partial charge in [0, 0.05) is 0 Å². The molecule has 0 spiro atoms. The van der Waals surface area contributed by atoms with E-state index in [1.807, 2.05) is 0 Å². The number of ether oxygens (including phenoxy) is 2. The maximum atomic E-state index is 10.8. The molecule has 1 rings (SSSR count). The van der Waals surface area contributed by atoms with E-state index in [0.717, 1.165) is 31.4 Å². The van der Waals surface area contributed by atoms with E-state index in [9.17, 15) is 10.1 Å². The Hall–Kier alpha value is -1.43. The van der Waals surface area contributed by atoms with Crippen molar-refractivity contribution < 1.29 is 14.4 Å². The van der Waals surface area contributed by atoms with Crippen molar-refractivity contribution in [2.75, 3.05) is 19.5 Å². The smallest absolute Gasteiger partial charge is 0.314 e. The highest BCUT2D eigenvalue weighted by Gasteiger charge is 2.15. The van der Waals surface area contributed by atoms with Gasteiger partial charge in [0.25, 0.3) is 0 Å². The number of nitrogens with zero attached hydrogens (tertiary/aromatic N) is 1. The first-order valence-electron chi connectivity index (χ1n) is 6.25. The van der Waals surface area contributed by atoms with Crippen LogP contribution in [0.3, 0.4) is 0 Å². The molecule has 0 bridgehead atoms. The molecule has 0 radical (unpaired) electrons. The van der Waals surface area contributed by atoms with Crippen molar-refractivity contribution in [2.45, 2.75) is 25.7 Å². The van der Waals surface area contributed by atoms with Crippen LogP contribution in [0.15, 0.2) is 18.2 Å². The average Bonchev–Trinajstić information content (AvgIpc) is 2.42. The van der Waals surface area contributed by atoms with Crippen LogP contribution in [0.25, 0.3) is 0 Å². The molecule has 1 aromatic carbocycles. The molecule has 0 amide bonds. The van der Waals surface area contributed by atoms with Crippen molar-refractivity contribution in [1.82, 2.24) is 0 Å². The molecule has 0 aliphatic carbocycles. The number of nitro benzene ring substituents is 1. The lowest BCUT2D eigenvalue weighted by atomic mass is 10.2. The van der Waals surface area contributed by atoms with E-state index < -0.39 is 4.92 Å². The summed E-state index contributed by atoms with van der Waals surface area (Å²) >= 11 is 4.15. The molecule has 106 valence electrons. The van der Waals surface area contributed by atoms with Gasteiger partial charge in [0.05, 0.1) is 24.7 Å². The Labute approximate surface area is 118 Å². The molecule has 5 nitrogen and oxygen atoms in total. The van der Waals surface area contributed by atoms with Crippen molar-refractivity contribution in [3.05, 3.63) is 28.3 Å². The average molecular weight is 285 g/mol. The van der Waals surface area contributed by atoms with E-state index in [2.05, 4.69) is 12.6 Å². The lowest BCUT2D eigenvalue weighted by molar-refractivity contribution is -0.385. The minimum atomic E-state index is -0.474. The summed E-state index contributed by atoms with van der Waals surface area (Å²) in [5.74, 6) is 1.65. The number of rotatable bonds is 9. The summed E-state index contributed by atoms with van der Waals surface area (Å²) in [5.41, 5.74) is -0.0740. The van der Waals surface area contributed by atoms with Crippen LogP contribution in [0.1, 0.15) is 25.7 Å². The zero-order valence-electron chi connectivity index (χ0n) is 11.0. The van der Waals surface area contributed by atoms with Gasteiger partial charge in [-0.15, -0.1) is 0 Å². The summed E-state index contributed by atoms with van der Waals surface area (Å²) in [4.78, 5) is 10.4. The second-order valence-electron chi connectivity index (χ2n) is 4.08. The van der Waals surface area contributed by atoms with Crippen molar-refractivity contribution in [3.63, 3.8) is 0 Å². The van der Waals surface area contributed by atoms with E-state index in [4.69, 9.17) is 9.47 Å². The van der Waals surface area contributed by atoms with E-state index in [1.54, 1.807) is 12.1 Å². The molecule has 0 fully saturated rings. The van der Waals surface area contributed by atoms with Gasteiger partial charge in [-0.25, -0.2) is 0 Å². The SMILES string of the molecule is COc1ccc(OCCCCCCS)cc1[N+](=O)[O-]. The largest absolute Gasteiger partial charge is 0.493 e. The number of methoxy groups -OCH3 is 1. The molecule has 0 saturated carbocycles. The third-order valence-electron chi connectivity index (χ3n) is 2.67. The van der Waals surface area contributed by atoms with Gasteiger partial charge in [-0.1, -0.05) is 12.8 Å². The Morgan fingerprint density at radius 1 is 1.26 bits per heavy atom. The van der Waals surface area contributed by atoms with Crippen LogP contribution in [0.2, 0.25) is 0 Å².